The smallest absolute Gasteiger partial charge is 0.416 e. The summed E-state index contributed by atoms with van der Waals surface area (Å²) in [6.07, 6.45) is -1.70. The van der Waals surface area contributed by atoms with E-state index in [4.69, 9.17) is 9.47 Å². The third-order valence-corrected chi connectivity index (χ3v) is 8.02. The zero-order valence-corrected chi connectivity index (χ0v) is 23.3. The van der Waals surface area contributed by atoms with Crippen molar-refractivity contribution in [1.29, 1.82) is 0 Å². The Morgan fingerprint density at radius 2 is 1.65 bits per heavy atom. The summed E-state index contributed by atoms with van der Waals surface area (Å²) in [5, 5.41) is 0. The standard InChI is InChI=1S/C28H32F3N3O5S/c1-4-38-26-17-27(35)33(3)18-24(26)23-16-20(32-40(36,37)5-2)8-11-25(23)39-22-12-14-34(15-13-22)21-9-6-19(7-10-21)28(29,30)31/h6-11,16-18,22,32H,4-5,12-15H2,1-3H3. The molecule has 0 radical (unpaired) electrons. The minimum absolute atomic E-state index is 0.0951. The van der Waals surface area contributed by atoms with E-state index in [-0.39, 0.29) is 17.4 Å². The molecule has 0 aliphatic carbocycles. The van der Waals surface area contributed by atoms with Crippen LogP contribution in [0.15, 0.2) is 59.5 Å². The number of benzene rings is 2. The first-order chi connectivity index (χ1) is 18.9. The Bertz CT molecular complexity index is 1500. The van der Waals surface area contributed by atoms with Gasteiger partial charge in [-0.15, -0.1) is 0 Å². The Hall–Kier alpha value is -3.67. The molecule has 1 aliphatic rings. The van der Waals surface area contributed by atoms with E-state index in [1.54, 1.807) is 38.4 Å². The number of rotatable bonds is 9. The fourth-order valence-corrected chi connectivity index (χ4v) is 5.15. The highest BCUT2D eigenvalue weighted by atomic mass is 32.2. The largest absolute Gasteiger partial charge is 0.493 e. The highest BCUT2D eigenvalue weighted by Gasteiger charge is 2.30. The van der Waals surface area contributed by atoms with Gasteiger partial charge in [-0.2, -0.15) is 13.2 Å². The minimum atomic E-state index is -4.38. The van der Waals surface area contributed by atoms with E-state index >= 15 is 0 Å². The average Bonchev–Trinajstić information content (AvgIpc) is 2.91. The first-order valence-corrected chi connectivity index (χ1v) is 14.6. The number of nitrogens with zero attached hydrogens (tertiary/aromatic N) is 2. The molecular weight excluding hydrogens is 547 g/mol. The Morgan fingerprint density at radius 3 is 2.25 bits per heavy atom. The number of aryl methyl sites for hydroxylation is 1. The summed E-state index contributed by atoms with van der Waals surface area (Å²) in [4.78, 5) is 14.3. The number of sulfonamides is 1. The van der Waals surface area contributed by atoms with Gasteiger partial charge in [-0.3, -0.25) is 9.52 Å². The molecule has 0 spiro atoms. The highest BCUT2D eigenvalue weighted by molar-refractivity contribution is 7.92. The van der Waals surface area contributed by atoms with Gasteiger partial charge in [0.05, 0.1) is 17.9 Å². The van der Waals surface area contributed by atoms with E-state index in [1.807, 2.05) is 4.90 Å². The van der Waals surface area contributed by atoms with Crippen molar-refractivity contribution in [2.75, 3.05) is 35.1 Å². The molecule has 0 unspecified atom stereocenters. The molecule has 1 N–H and O–H groups in total. The monoisotopic (exact) mass is 579 g/mol. The summed E-state index contributed by atoms with van der Waals surface area (Å²) in [5.41, 5.74) is 1.24. The van der Waals surface area contributed by atoms with Crippen molar-refractivity contribution >= 4 is 21.4 Å². The first kappa shape index (κ1) is 29.3. The van der Waals surface area contributed by atoms with Crippen molar-refractivity contribution in [2.45, 2.75) is 39.0 Å². The number of ether oxygens (including phenoxy) is 2. The number of nitrogens with one attached hydrogen (secondary N) is 1. The number of hydrogen-bond donors (Lipinski definition) is 1. The molecule has 2 aromatic carbocycles. The third kappa shape index (κ3) is 6.90. The van der Waals surface area contributed by atoms with Crippen LogP contribution < -0.4 is 24.7 Å². The molecule has 1 aromatic heterocycles. The summed E-state index contributed by atoms with van der Waals surface area (Å²) >= 11 is 0. The van der Waals surface area contributed by atoms with Gasteiger partial charge in [-0.1, -0.05) is 0 Å². The van der Waals surface area contributed by atoms with Crippen molar-refractivity contribution < 1.29 is 31.1 Å². The molecular formula is C28H32F3N3O5S. The maximum absolute atomic E-state index is 12.9. The number of anilines is 2. The van der Waals surface area contributed by atoms with Crippen molar-refractivity contribution in [3.05, 3.63) is 70.6 Å². The van der Waals surface area contributed by atoms with E-state index in [1.165, 1.54) is 29.7 Å². The number of alkyl halides is 3. The van der Waals surface area contributed by atoms with Crippen molar-refractivity contribution in [1.82, 2.24) is 4.57 Å². The molecule has 1 fully saturated rings. The van der Waals surface area contributed by atoms with E-state index in [9.17, 15) is 26.4 Å². The van der Waals surface area contributed by atoms with Crippen LogP contribution in [0.25, 0.3) is 11.1 Å². The number of hydrogen-bond acceptors (Lipinski definition) is 6. The number of halogens is 3. The molecule has 0 saturated carbocycles. The lowest BCUT2D eigenvalue weighted by atomic mass is 10.0. The average molecular weight is 580 g/mol. The van der Waals surface area contributed by atoms with E-state index in [2.05, 4.69) is 4.72 Å². The van der Waals surface area contributed by atoms with Gasteiger partial charge in [0.1, 0.15) is 17.6 Å². The summed E-state index contributed by atoms with van der Waals surface area (Å²) in [7, 11) is -1.92. The van der Waals surface area contributed by atoms with Gasteiger partial charge >= 0.3 is 6.18 Å². The van der Waals surface area contributed by atoms with Gasteiger partial charge in [-0.25, -0.2) is 8.42 Å². The van der Waals surface area contributed by atoms with Crippen LogP contribution in [0.2, 0.25) is 0 Å². The molecule has 4 rings (SSSR count). The molecule has 3 aromatic rings. The highest BCUT2D eigenvalue weighted by Crippen LogP contribution is 2.39. The SMILES string of the molecule is CCOc1cc(=O)n(C)cc1-c1cc(NS(=O)(=O)CC)ccc1OC1CCN(c2ccc(C(F)(F)F)cc2)CC1. The Balaban J connectivity index is 1.59. The number of piperidine rings is 1. The van der Waals surface area contributed by atoms with Crippen LogP contribution in [-0.4, -0.2) is 44.5 Å². The zero-order valence-electron chi connectivity index (χ0n) is 22.5. The minimum Gasteiger partial charge on any atom is -0.493 e. The van der Waals surface area contributed by atoms with Gasteiger partial charge < -0.3 is 18.9 Å². The van der Waals surface area contributed by atoms with Crippen LogP contribution in [-0.2, 0) is 23.2 Å². The quantitative estimate of drug-likeness (QED) is 0.371. The van der Waals surface area contributed by atoms with Gasteiger partial charge in [0.15, 0.2) is 0 Å². The number of pyridine rings is 1. The van der Waals surface area contributed by atoms with Gasteiger partial charge in [0.2, 0.25) is 10.0 Å². The normalized spacial score (nSPS) is 14.7. The van der Waals surface area contributed by atoms with E-state index in [0.717, 1.165) is 12.1 Å². The topological polar surface area (TPSA) is 89.9 Å². The molecule has 1 aliphatic heterocycles. The predicted octanol–water partition coefficient (Wildman–Crippen LogP) is 5.28. The van der Waals surface area contributed by atoms with Crippen LogP contribution in [0.3, 0.4) is 0 Å². The maximum Gasteiger partial charge on any atom is 0.416 e. The lowest BCUT2D eigenvalue weighted by molar-refractivity contribution is -0.137. The molecule has 0 atom stereocenters. The second kappa shape index (κ2) is 11.8. The Labute approximate surface area is 231 Å². The molecule has 8 nitrogen and oxygen atoms in total. The number of aromatic nitrogens is 1. The second-order valence-electron chi connectivity index (χ2n) is 9.50. The summed E-state index contributed by atoms with van der Waals surface area (Å²) in [6, 6.07) is 11.5. The summed E-state index contributed by atoms with van der Waals surface area (Å²) in [5.74, 6) is 0.748. The maximum atomic E-state index is 12.9. The zero-order chi connectivity index (χ0) is 29.1. The molecule has 40 heavy (non-hydrogen) atoms. The van der Waals surface area contributed by atoms with Crippen molar-refractivity contribution in [2.24, 2.45) is 7.05 Å². The fraction of sp³-hybridized carbons (Fsp3) is 0.393. The predicted molar refractivity (Wildman–Crippen MR) is 149 cm³/mol. The van der Waals surface area contributed by atoms with E-state index < -0.39 is 21.8 Å². The first-order valence-electron chi connectivity index (χ1n) is 13.0. The summed E-state index contributed by atoms with van der Waals surface area (Å²) in [6.45, 7) is 4.83. The lowest BCUT2D eigenvalue weighted by Crippen LogP contribution is -2.38. The molecule has 12 heteroatoms. The van der Waals surface area contributed by atoms with Crippen LogP contribution in [0.4, 0.5) is 24.5 Å². The third-order valence-electron chi connectivity index (χ3n) is 6.71. The second-order valence-corrected chi connectivity index (χ2v) is 11.5. The Kier molecular flexibility index (Phi) is 8.67. The molecule has 1 saturated heterocycles. The lowest BCUT2D eigenvalue weighted by Gasteiger charge is -2.34. The molecule has 0 bridgehead atoms. The van der Waals surface area contributed by atoms with Crippen molar-refractivity contribution in [3.8, 4) is 22.6 Å². The van der Waals surface area contributed by atoms with E-state index in [0.29, 0.717) is 66.5 Å². The summed E-state index contributed by atoms with van der Waals surface area (Å²) < 4.78 is 79.3. The van der Waals surface area contributed by atoms with Crippen LogP contribution >= 0.6 is 0 Å². The molecule has 0 amide bonds. The van der Waals surface area contributed by atoms with Crippen molar-refractivity contribution in [3.63, 3.8) is 0 Å². The molecule has 2 heterocycles. The van der Waals surface area contributed by atoms with Crippen LogP contribution in [0, 0.1) is 0 Å². The van der Waals surface area contributed by atoms with Gasteiger partial charge in [-0.05, 0) is 56.3 Å². The van der Waals surface area contributed by atoms with Crippen LogP contribution in [0.5, 0.6) is 11.5 Å². The molecule has 216 valence electrons. The van der Waals surface area contributed by atoms with Gasteiger partial charge in [0, 0.05) is 67.7 Å². The van der Waals surface area contributed by atoms with Crippen LogP contribution in [0.1, 0.15) is 32.3 Å². The Morgan fingerprint density at radius 1 is 0.975 bits per heavy atom. The fourth-order valence-electron chi connectivity index (χ4n) is 4.52. The van der Waals surface area contributed by atoms with Gasteiger partial charge in [0.25, 0.3) is 5.56 Å².